The molecule has 1 aliphatic rings. The monoisotopic (exact) mass is 381 g/mol. The predicted octanol–water partition coefficient (Wildman–Crippen LogP) is 4.17. The molecule has 2 N–H and O–H groups in total. The number of anilines is 2. The molecule has 1 saturated heterocycles. The van der Waals surface area contributed by atoms with Crippen LogP contribution >= 0.6 is 0 Å². The molecule has 0 spiro atoms. The highest BCUT2D eigenvalue weighted by Crippen LogP contribution is 2.22. The number of ether oxygens (including phenoxy) is 1. The van der Waals surface area contributed by atoms with Gasteiger partial charge in [0, 0.05) is 30.5 Å². The summed E-state index contributed by atoms with van der Waals surface area (Å²) in [5.74, 6) is 0.699. The summed E-state index contributed by atoms with van der Waals surface area (Å²) in [7, 11) is 3.75. The number of nitrogens with zero attached hydrogens (tertiary/aromatic N) is 1. The molecule has 1 amide bonds. The molecule has 0 radical (unpaired) electrons. The molecule has 5 nitrogen and oxygen atoms in total. The van der Waals surface area contributed by atoms with Crippen LogP contribution in [0.2, 0.25) is 0 Å². The van der Waals surface area contributed by atoms with Crippen molar-refractivity contribution < 1.29 is 9.53 Å². The van der Waals surface area contributed by atoms with Gasteiger partial charge in [0.05, 0.1) is 6.61 Å². The van der Waals surface area contributed by atoms with E-state index >= 15 is 0 Å². The van der Waals surface area contributed by atoms with Gasteiger partial charge in [0.15, 0.2) is 0 Å². The van der Waals surface area contributed by atoms with E-state index in [-0.39, 0.29) is 5.91 Å². The van der Waals surface area contributed by atoms with Crippen molar-refractivity contribution in [3.05, 3.63) is 60.2 Å². The molecular formula is C23H31N3O2. The van der Waals surface area contributed by atoms with Gasteiger partial charge < -0.3 is 20.3 Å². The molecule has 5 heteroatoms. The summed E-state index contributed by atoms with van der Waals surface area (Å²) < 4.78 is 5.41. The lowest BCUT2D eigenvalue weighted by Crippen LogP contribution is -2.17. The van der Waals surface area contributed by atoms with Gasteiger partial charge in [-0.25, -0.2) is 0 Å². The average Bonchev–Trinajstić information content (AvgIpc) is 3.24. The molecule has 0 bridgehead atoms. The number of benzene rings is 2. The van der Waals surface area contributed by atoms with Gasteiger partial charge in [-0.15, -0.1) is 0 Å². The van der Waals surface area contributed by atoms with E-state index in [1.165, 1.54) is 18.5 Å². The number of carbonyl (C=O) groups excluding carboxylic acids is 1. The first-order chi connectivity index (χ1) is 13.7. The van der Waals surface area contributed by atoms with E-state index in [1.54, 1.807) is 12.2 Å². The molecule has 0 saturated carbocycles. The third-order valence-electron chi connectivity index (χ3n) is 4.22. The van der Waals surface area contributed by atoms with E-state index in [0.29, 0.717) is 6.61 Å². The molecule has 2 aromatic carbocycles. The maximum absolute atomic E-state index is 12.1. The van der Waals surface area contributed by atoms with Crippen molar-refractivity contribution in [3.8, 4) is 5.75 Å². The molecule has 0 unspecified atom stereocenters. The van der Waals surface area contributed by atoms with Crippen molar-refractivity contribution in [1.29, 1.82) is 0 Å². The lowest BCUT2D eigenvalue weighted by molar-refractivity contribution is -0.111. The zero-order valence-corrected chi connectivity index (χ0v) is 17.1. The highest BCUT2D eigenvalue weighted by Gasteiger charge is 2.11. The molecular weight excluding hydrogens is 350 g/mol. The Morgan fingerprint density at radius 1 is 1.04 bits per heavy atom. The van der Waals surface area contributed by atoms with Crippen molar-refractivity contribution in [2.24, 2.45) is 0 Å². The Kier molecular flexibility index (Phi) is 9.08. The van der Waals surface area contributed by atoms with Crippen molar-refractivity contribution in [1.82, 2.24) is 5.32 Å². The SMILES string of the molecule is CCOc1ccc(/C=C/C(=O)Nc2ccc(N3CCCC3)cc2)cc1.CNC. The maximum atomic E-state index is 12.1. The average molecular weight is 382 g/mol. The van der Waals surface area contributed by atoms with E-state index < -0.39 is 0 Å². The molecule has 1 aliphatic heterocycles. The molecule has 3 rings (SSSR count). The fourth-order valence-corrected chi connectivity index (χ4v) is 2.93. The summed E-state index contributed by atoms with van der Waals surface area (Å²) in [5, 5.41) is 5.64. The van der Waals surface area contributed by atoms with Crippen LogP contribution < -0.4 is 20.3 Å². The largest absolute Gasteiger partial charge is 0.494 e. The normalized spacial score (nSPS) is 13.2. The fourth-order valence-electron chi connectivity index (χ4n) is 2.93. The second-order valence-corrected chi connectivity index (χ2v) is 6.57. The molecule has 0 atom stereocenters. The summed E-state index contributed by atoms with van der Waals surface area (Å²) >= 11 is 0. The van der Waals surface area contributed by atoms with Crippen molar-refractivity contribution in [2.75, 3.05) is 44.0 Å². The first-order valence-corrected chi connectivity index (χ1v) is 9.81. The second-order valence-electron chi connectivity index (χ2n) is 6.57. The van der Waals surface area contributed by atoms with E-state index in [2.05, 4.69) is 27.7 Å². The molecule has 2 aromatic rings. The molecule has 150 valence electrons. The third-order valence-corrected chi connectivity index (χ3v) is 4.22. The Hall–Kier alpha value is -2.79. The van der Waals surface area contributed by atoms with Gasteiger partial charge >= 0.3 is 0 Å². The molecule has 28 heavy (non-hydrogen) atoms. The van der Waals surface area contributed by atoms with Crippen LogP contribution in [0.3, 0.4) is 0 Å². The van der Waals surface area contributed by atoms with Crippen LogP contribution in [-0.2, 0) is 4.79 Å². The van der Waals surface area contributed by atoms with E-state index in [1.807, 2.05) is 57.4 Å². The van der Waals surface area contributed by atoms with E-state index in [9.17, 15) is 4.79 Å². The van der Waals surface area contributed by atoms with Gasteiger partial charge in [-0.3, -0.25) is 4.79 Å². The fraction of sp³-hybridized carbons (Fsp3) is 0.348. The number of rotatable bonds is 6. The lowest BCUT2D eigenvalue weighted by atomic mass is 10.2. The highest BCUT2D eigenvalue weighted by atomic mass is 16.5. The first kappa shape index (κ1) is 21.5. The Balaban J connectivity index is 0.000000878. The Morgan fingerprint density at radius 2 is 1.64 bits per heavy atom. The van der Waals surface area contributed by atoms with Crippen molar-refractivity contribution >= 4 is 23.4 Å². The van der Waals surface area contributed by atoms with Gasteiger partial charge in [0.25, 0.3) is 0 Å². The summed E-state index contributed by atoms with van der Waals surface area (Å²) in [4.78, 5) is 14.4. The minimum atomic E-state index is -0.136. The van der Waals surface area contributed by atoms with Crippen LogP contribution in [0.4, 0.5) is 11.4 Å². The van der Waals surface area contributed by atoms with Crippen molar-refractivity contribution in [3.63, 3.8) is 0 Å². The van der Waals surface area contributed by atoms with Gasteiger partial charge in [-0.1, -0.05) is 12.1 Å². The number of hydrogen-bond acceptors (Lipinski definition) is 4. The van der Waals surface area contributed by atoms with Crippen LogP contribution in [-0.4, -0.2) is 39.7 Å². The number of carbonyl (C=O) groups is 1. The van der Waals surface area contributed by atoms with Crippen LogP contribution in [0.5, 0.6) is 5.75 Å². The zero-order chi connectivity index (χ0) is 20.2. The quantitative estimate of drug-likeness (QED) is 0.738. The Labute approximate surface area is 168 Å². The topological polar surface area (TPSA) is 53.6 Å². The van der Waals surface area contributed by atoms with E-state index in [4.69, 9.17) is 4.74 Å². The van der Waals surface area contributed by atoms with Gasteiger partial charge in [0.2, 0.25) is 5.91 Å². The summed E-state index contributed by atoms with van der Waals surface area (Å²) in [6, 6.07) is 15.7. The van der Waals surface area contributed by atoms with Gasteiger partial charge in [-0.2, -0.15) is 0 Å². The highest BCUT2D eigenvalue weighted by molar-refractivity contribution is 6.02. The smallest absolute Gasteiger partial charge is 0.248 e. The molecule has 0 aliphatic carbocycles. The van der Waals surface area contributed by atoms with Crippen LogP contribution in [0, 0.1) is 0 Å². The standard InChI is InChI=1S/C21H24N2O2.C2H7N/c1-2-25-20-12-5-17(6-13-20)7-14-21(24)22-18-8-10-19(11-9-18)23-15-3-4-16-23;1-3-2/h5-14H,2-4,15-16H2,1H3,(H,22,24);3H,1-2H3/b14-7+;. The second kappa shape index (κ2) is 11.8. The molecule has 0 aromatic heterocycles. The van der Waals surface area contributed by atoms with Crippen LogP contribution in [0.25, 0.3) is 6.08 Å². The third kappa shape index (κ3) is 7.08. The van der Waals surface area contributed by atoms with Gasteiger partial charge in [0.1, 0.15) is 5.75 Å². The minimum Gasteiger partial charge on any atom is -0.494 e. The Bertz CT molecular complexity index is 733. The Morgan fingerprint density at radius 3 is 2.21 bits per heavy atom. The summed E-state index contributed by atoms with van der Waals surface area (Å²) in [5.41, 5.74) is 2.99. The molecule has 1 heterocycles. The predicted molar refractivity (Wildman–Crippen MR) is 118 cm³/mol. The van der Waals surface area contributed by atoms with Crippen molar-refractivity contribution in [2.45, 2.75) is 19.8 Å². The van der Waals surface area contributed by atoms with Crippen LogP contribution in [0.1, 0.15) is 25.3 Å². The maximum Gasteiger partial charge on any atom is 0.248 e. The number of hydrogen-bond donors (Lipinski definition) is 2. The summed E-state index contributed by atoms with van der Waals surface area (Å²) in [6.07, 6.45) is 5.86. The molecule has 1 fully saturated rings. The minimum absolute atomic E-state index is 0.136. The van der Waals surface area contributed by atoms with E-state index in [0.717, 1.165) is 30.1 Å². The number of nitrogens with one attached hydrogen (secondary N) is 2. The van der Waals surface area contributed by atoms with Gasteiger partial charge in [-0.05, 0) is 81.9 Å². The zero-order valence-electron chi connectivity index (χ0n) is 17.1. The summed E-state index contributed by atoms with van der Waals surface area (Å²) in [6.45, 7) is 4.84. The number of amides is 1. The lowest BCUT2D eigenvalue weighted by Gasteiger charge is -2.17. The van der Waals surface area contributed by atoms with Crippen LogP contribution in [0.15, 0.2) is 54.6 Å². The first-order valence-electron chi connectivity index (χ1n) is 9.81.